The van der Waals surface area contributed by atoms with E-state index in [1.54, 1.807) is 36.9 Å². The van der Waals surface area contributed by atoms with Crippen LogP contribution in [0.4, 0.5) is 11.8 Å². The Morgan fingerprint density at radius 1 is 1.13 bits per heavy atom. The van der Waals surface area contributed by atoms with Gasteiger partial charge in [0, 0.05) is 68.2 Å². The summed E-state index contributed by atoms with van der Waals surface area (Å²) in [5, 5.41) is 7.56. The lowest BCUT2D eigenvalue weighted by molar-refractivity contribution is -0.127. The van der Waals surface area contributed by atoms with Crippen LogP contribution in [0.15, 0.2) is 36.9 Å². The second-order valence-electron chi connectivity index (χ2n) is 7.65. The van der Waals surface area contributed by atoms with Crippen molar-refractivity contribution in [2.45, 2.75) is 32.6 Å². The molecule has 0 unspecified atom stereocenters. The van der Waals surface area contributed by atoms with Crippen LogP contribution in [0.5, 0.6) is 0 Å². The van der Waals surface area contributed by atoms with Crippen molar-refractivity contribution in [3.05, 3.63) is 59.6 Å². The van der Waals surface area contributed by atoms with Crippen LogP contribution in [-0.2, 0) is 11.8 Å². The summed E-state index contributed by atoms with van der Waals surface area (Å²) in [7, 11) is 1.91. The first kappa shape index (κ1) is 20.6. The van der Waals surface area contributed by atoms with Gasteiger partial charge in [0.1, 0.15) is 0 Å². The van der Waals surface area contributed by atoms with Crippen LogP contribution in [-0.4, -0.2) is 53.6 Å². The minimum absolute atomic E-state index is 0.00264. The Morgan fingerprint density at radius 2 is 1.90 bits per heavy atom. The number of aromatic nitrogens is 6. The van der Waals surface area contributed by atoms with Crippen LogP contribution in [0.1, 0.15) is 41.4 Å². The molecule has 0 radical (unpaired) electrons. The van der Waals surface area contributed by atoms with Crippen molar-refractivity contribution in [3.8, 4) is 0 Å². The highest BCUT2D eigenvalue weighted by atomic mass is 16.2. The van der Waals surface area contributed by atoms with E-state index in [9.17, 15) is 4.79 Å². The number of rotatable bonds is 5. The van der Waals surface area contributed by atoms with Crippen LogP contribution in [0.3, 0.4) is 0 Å². The van der Waals surface area contributed by atoms with E-state index in [4.69, 9.17) is 0 Å². The molecular formula is C22H26N8O. The molecule has 1 atom stereocenters. The van der Waals surface area contributed by atoms with E-state index in [2.05, 4.69) is 30.4 Å². The molecule has 0 bridgehead atoms. The zero-order chi connectivity index (χ0) is 21.8. The van der Waals surface area contributed by atoms with Crippen molar-refractivity contribution in [3.63, 3.8) is 0 Å². The van der Waals surface area contributed by atoms with Crippen molar-refractivity contribution in [1.29, 1.82) is 0 Å². The quantitative estimate of drug-likeness (QED) is 0.636. The number of likely N-dealkylation sites (tertiary alicyclic amines) is 1. The lowest BCUT2D eigenvalue weighted by atomic mass is 9.94. The Hall–Kier alpha value is -3.62. The fraction of sp³-hybridized carbons (Fsp3) is 0.364. The lowest BCUT2D eigenvalue weighted by Gasteiger charge is -2.32. The molecule has 4 rings (SSSR count). The summed E-state index contributed by atoms with van der Waals surface area (Å²) in [6.45, 7) is 5.28. The molecule has 1 saturated heterocycles. The molecule has 160 valence electrons. The second kappa shape index (κ2) is 9.03. The Kier molecular flexibility index (Phi) is 6.01. The normalized spacial score (nSPS) is 16.6. The van der Waals surface area contributed by atoms with E-state index in [-0.39, 0.29) is 11.8 Å². The third-order valence-corrected chi connectivity index (χ3v) is 5.60. The van der Waals surface area contributed by atoms with Crippen LogP contribution >= 0.6 is 0 Å². The first-order valence-corrected chi connectivity index (χ1v) is 10.3. The number of hydrogen-bond donors (Lipinski definition) is 1. The van der Waals surface area contributed by atoms with E-state index in [1.807, 2.05) is 36.6 Å². The standard InChI is InChI=1S/C22H26N8O/c1-15-18(16(2)29(3)28-15)7-8-19(31)30-13-4-6-17(14-30)20-21(24-12-11-23-20)27-22-25-9-5-10-26-22/h5,7-12,17H,4,6,13-14H2,1-3H3,(H,24,25,26,27)/b8-7+/t17-/m0/s1. The predicted molar refractivity (Wildman–Crippen MR) is 118 cm³/mol. The van der Waals surface area contributed by atoms with Crippen LogP contribution in [0.2, 0.25) is 0 Å². The topological polar surface area (TPSA) is 102 Å². The number of piperidine rings is 1. The van der Waals surface area contributed by atoms with Crippen LogP contribution in [0.25, 0.3) is 6.08 Å². The molecule has 31 heavy (non-hydrogen) atoms. The van der Waals surface area contributed by atoms with Gasteiger partial charge in [0.25, 0.3) is 0 Å². The summed E-state index contributed by atoms with van der Waals surface area (Å²) in [5.74, 6) is 1.19. The molecule has 1 N–H and O–H groups in total. The fourth-order valence-corrected chi connectivity index (χ4v) is 3.91. The number of amides is 1. The molecule has 1 aliphatic heterocycles. The summed E-state index contributed by atoms with van der Waals surface area (Å²) < 4.78 is 1.83. The second-order valence-corrected chi connectivity index (χ2v) is 7.65. The van der Waals surface area contributed by atoms with Crippen molar-refractivity contribution < 1.29 is 4.79 Å². The molecule has 1 amide bonds. The van der Waals surface area contributed by atoms with Gasteiger partial charge in [-0.15, -0.1) is 0 Å². The summed E-state index contributed by atoms with van der Waals surface area (Å²) >= 11 is 0. The van der Waals surface area contributed by atoms with Gasteiger partial charge in [-0.2, -0.15) is 5.10 Å². The molecule has 0 aromatic carbocycles. The number of aryl methyl sites for hydroxylation is 2. The number of nitrogens with zero attached hydrogens (tertiary/aromatic N) is 7. The molecule has 9 nitrogen and oxygen atoms in total. The zero-order valence-electron chi connectivity index (χ0n) is 18.0. The van der Waals surface area contributed by atoms with E-state index in [0.29, 0.717) is 18.3 Å². The van der Waals surface area contributed by atoms with E-state index >= 15 is 0 Å². The average Bonchev–Trinajstić information content (AvgIpc) is 3.04. The lowest BCUT2D eigenvalue weighted by Crippen LogP contribution is -2.38. The van der Waals surface area contributed by atoms with E-state index < -0.39 is 0 Å². The first-order chi connectivity index (χ1) is 15.0. The molecule has 0 saturated carbocycles. The highest BCUT2D eigenvalue weighted by Crippen LogP contribution is 2.30. The molecule has 3 aromatic rings. The predicted octanol–water partition coefficient (Wildman–Crippen LogP) is 2.78. The zero-order valence-corrected chi connectivity index (χ0v) is 18.0. The molecular weight excluding hydrogens is 392 g/mol. The fourth-order valence-electron chi connectivity index (χ4n) is 3.91. The van der Waals surface area contributed by atoms with Crippen molar-refractivity contribution in [2.24, 2.45) is 7.05 Å². The molecule has 9 heteroatoms. The maximum Gasteiger partial charge on any atom is 0.246 e. The number of carbonyl (C=O) groups is 1. The van der Waals surface area contributed by atoms with Gasteiger partial charge in [0.15, 0.2) is 5.82 Å². The van der Waals surface area contributed by atoms with Crippen molar-refractivity contribution in [2.75, 3.05) is 18.4 Å². The van der Waals surface area contributed by atoms with Gasteiger partial charge < -0.3 is 10.2 Å². The number of nitrogens with one attached hydrogen (secondary N) is 1. The Morgan fingerprint density at radius 3 is 2.65 bits per heavy atom. The molecule has 4 heterocycles. The number of anilines is 2. The van der Waals surface area contributed by atoms with Gasteiger partial charge >= 0.3 is 0 Å². The number of carbonyl (C=O) groups excluding carboxylic acids is 1. The highest BCUT2D eigenvalue weighted by molar-refractivity contribution is 5.92. The minimum Gasteiger partial charge on any atom is -0.338 e. The molecule has 3 aromatic heterocycles. The van der Waals surface area contributed by atoms with E-state index in [0.717, 1.165) is 42.0 Å². The van der Waals surface area contributed by atoms with E-state index in [1.165, 1.54) is 0 Å². The summed E-state index contributed by atoms with van der Waals surface area (Å²) in [5.41, 5.74) is 3.78. The Bertz CT molecular complexity index is 1090. The third kappa shape index (κ3) is 4.60. The average molecular weight is 419 g/mol. The smallest absolute Gasteiger partial charge is 0.246 e. The van der Waals surface area contributed by atoms with Gasteiger partial charge in [-0.1, -0.05) is 0 Å². The van der Waals surface area contributed by atoms with Gasteiger partial charge in [-0.05, 0) is 38.8 Å². The molecule has 0 spiro atoms. The Balaban J connectivity index is 1.49. The van der Waals surface area contributed by atoms with Crippen LogP contribution < -0.4 is 5.32 Å². The summed E-state index contributed by atoms with van der Waals surface area (Å²) in [6, 6.07) is 1.76. The molecule has 1 fully saturated rings. The molecule has 1 aliphatic rings. The SMILES string of the molecule is Cc1nn(C)c(C)c1/C=C/C(=O)N1CCC[C@H](c2nccnc2Nc2ncccn2)C1. The van der Waals surface area contributed by atoms with Gasteiger partial charge in [-0.3, -0.25) is 14.5 Å². The maximum absolute atomic E-state index is 12.9. The van der Waals surface area contributed by atoms with Crippen LogP contribution in [0, 0.1) is 13.8 Å². The maximum atomic E-state index is 12.9. The van der Waals surface area contributed by atoms with Gasteiger partial charge in [0.2, 0.25) is 11.9 Å². The first-order valence-electron chi connectivity index (χ1n) is 10.3. The Labute approximate surface area is 181 Å². The third-order valence-electron chi connectivity index (χ3n) is 5.60. The molecule has 0 aliphatic carbocycles. The number of hydrogen-bond acceptors (Lipinski definition) is 7. The van der Waals surface area contributed by atoms with Gasteiger partial charge in [-0.25, -0.2) is 15.0 Å². The highest BCUT2D eigenvalue weighted by Gasteiger charge is 2.27. The van der Waals surface area contributed by atoms with Gasteiger partial charge in [0.05, 0.1) is 11.4 Å². The summed E-state index contributed by atoms with van der Waals surface area (Å²) in [4.78, 5) is 32.2. The minimum atomic E-state index is -0.00264. The monoisotopic (exact) mass is 418 g/mol. The van der Waals surface area contributed by atoms with Crippen molar-refractivity contribution >= 4 is 23.7 Å². The largest absolute Gasteiger partial charge is 0.338 e. The van der Waals surface area contributed by atoms with Crippen molar-refractivity contribution in [1.82, 2.24) is 34.6 Å². The summed E-state index contributed by atoms with van der Waals surface area (Å²) in [6.07, 6.45) is 12.0.